The van der Waals surface area contributed by atoms with Gasteiger partial charge in [-0.25, -0.2) is 13.4 Å². The largest absolute Gasteiger partial charge is 0.355 e. The van der Waals surface area contributed by atoms with Gasteiger partial charge in [0.2, 0.25) is 0 Å². The van der Waals surface area contributed by atoms with Gasteiger partial charge in [0.05, 0.1) is 16.5 Å². The molecular formula is C14H22ClN3O2S. The van der Waals surface area contributed by atoms with E-state index in [9.17, 15) is 8.42 Å². The summed E-state index contributed by atoms with van der Waals surface area (Å²) in [6, 6.07) is 1.95. The highest BCUT2D eigenvalue weighted by molar-refractivity contribution is 7.91. The third-order valence-corrected chi connectivity index (χ3v) is 5.41. The van der Waals surface area contributed by atoms with Crippen molar-refractivity contribution in [1.82, 2.24) is 10.3 Å². The smallest absolute Gasteiger partial charge is 0.153 e. The number of aromatic nitrogens is 1. The zero-order chi connectivity index (χ0) is 15.5. The number of hydrogen-bond acceptors (Lipinski definition) is 5. The second-order valence-electron chi connectivity index (χ2n) is 5.80. The topological polar surface area (TPSA) is 62.3 Å². The van der Waals surface area contributed by atoms with E-state index in [1.54, 1.807) is 6.20 Å². The van der Waals surface area contributed by atoms with Gasteiger partial charge in [-0.3, -0.25) is 0 Å². The Kier molecular flexibility index (Phi) is 5.46. The van der Waals surface area contributed by atoms with Crippen LogP contribution in [0.3, 0.4) is 0 Å². The summed E-state index contributed by atoms with van der Waals surface area (Å²) in [5, 5.41) is 4.00. The van der Waals surface area contributed by atoms with Crippen LogP contribution >= 0.6 is 11.6 Å². The van der Waals surface area contributed by atoms with Crippen LogP contribution in [0.15, 0.2) is 12.3 Å². The Balaban J connectivity index is 2.04. The van der Waals surface area contributed by atoms with Gasteiger partial charge in [-0.1, -0.05) is 25.4 Å². The summed E-state index contributed by atoms with van der Waals surface area (Å²) in [5.74, 6) is 1.77. The van der Waals surface area contributed by atoms with Crippen molar-refractivity contribution in [2.75, 3.05) is 36.0 Å². The Morgan fingerprint density at radius 1 is 1.38 bits per heavy atom. The Labute approximate surface area is 131 Å². The molecule has 1 aliphatic heterocycles. The van der Waals surface area contributed by atoms with Crippen molar-refractivity contribution in [2.45, 2.75) is 20.4 Å². The molecular weight excluding hydrogens is 310 g/mol. The third kappa shape index (κ3) is 4.83. The molecule has 1 fully saturated rings. The van der Waals surface area contributed by atoms with E-state index in [1.807, 2.05) is 11.0 Å². The monoisotopic (exact) mass is 331 g/mol. The summed E-state index contributed by atoms with van der Waals surface area (Å²) in [6.45, 7) is 6.92. The van der Waals surface area contributed by atoms with Gasteiger partial charge in [0.1, 0.15) is 5.82 Å². The van der Waals surface area contributed by atoms with Crippen molar-refractivity contribution in [3.05, 3.63) is 22.8 Å². The van der Waals surface area contributed by atoms with Crippen molar-refractivity contribution in [3.63, 3.8) is 0 Å². The van der Waals surface area contributed by atoms with Gasteiger partial charge in [-0.05, 0) is 24.1 Å². The Bertz CT molecular complexity index is 576. The van der Waals surface area contributed by atoms with Gasteiger partial charge in [0.15, 0.2) is 9.84 Å². The number of rotatable bonds is 5. The first-order valence-electron chi connectivity index (χ1n) is 7.18. The van der Waals surface area contributed by atoms with Crippen molar-refractivity contribution >= 4 is 27.3 Å². The maximum atomic E-state index is 11.5. The molecule has 0 aliphatic carbocycles. The fraction of sp³-hybridized carbons (Fsp3) is 0.643. The molecule has 0 amide bonds. The van der Waals surface area contributed by atoms with Crippen LogP contribution in [0.5, 0.6) is 0 Å². The van der Waals surface area contributed by atoms with Gasteiger partial charge < -0.3 is 10.2 Å². The van der Waals surface area contributed by atoms with Crippen LogP contribution in [-0.4, -0.2) is 44.5 Å². The average Bonchev–Trinajstić information content (AvgIpc) is 2.41. The van der Waals surface area contributed by atoms with Gasteiger partial charge >= 0.3 is 0 Å². The fourth-order valence-corrected chi connectivity index (χ4v) is 3.58. The summed E-state index contributed by atoms with van der Waals surface area (Å²) in [6.07, 6.45) is 1.65. The molecule has 1 aromatic rings. The van der Waals surface area contributed by atoms with Crippen molar-refractivity contribution in [1.29, 1.82) is 0 Å². The number of hydrogen-bond donors (Lipinski definition) is 1. The van der Waals surface area contributed by atoms with Crippen LogP contribution in [-0.2, 0) is 16.4 Å². The summed E-state index contributed by atoms with van der Waals surface area (Å²) in [4.78, 5) is 6.33. The molecule has 118 valence electrons. The highest BCUT2D eigenvalue weighted by Crippen LogP contribution is 2.22. The van der Waals surface area contributed by atoms with Gasteiger partial charge in [0.25, 0.3) is 0 Å². The minimum Gasteiger partial charge on any atom is -0.355 e. The molecule has 21 heavy (non-hydrogen) atoms. The molecule has 0 aromatic carbocycles. The molecule has 2 rings (SSSR count). The standard InChI is InChI=1S/C14H22ClN3O2S/c1-11(2)8-16-9-12-7-14(17-10-13(12)15)18-3-5-21(19,20)6-4-18/h7,10-11,16H,3-6,8-9H2,1-2H3. The maximum Gasteiger partial charge on any atom is 0.153 e. The predicted octanol–water partition coefficient (Wildman–Crippen LogP) is 1.72. The quantitative estimate of drug-likeness (QED) is 0.890. The molecule has 7 heteroatoms. The summed E-state index contributed by atoms with van der Waals surface area (Å²) < 4.78 is 23.0. The van der Waals surface area contributed by atoms with E-state index in [-0.39, 0.29) is 11.5 Å². The van der Waals surface area contributed by atoms with Gasteiger partial charge in [-0.15, -0.1) is 0 Å². The molecule has 0 radical (unpaired) electrons. The third-order valence-electron chi connectivity index (χ3n) is 3.46. The molecule has 1 saturated heterocycles. The molecule has 0 atom stereocenters. The lowest BCUT2D eigenvalue weighted by Gasteiger charge is -2.28. The summed E-state index contributed by atoms with van der Waals surface area (Å²) >= 11 is 6.18. The zero-order valence-corrected chi connectivity index (χ0v) is 14.0. The maximum absolute atomic E-state index is 11.5. The molecule has 1 N–H and O–H groups in total. The van der Waals surface area contributed by atoms with Crippen LogP contribution < -0.4 is 10.2 Å². The van der Waals surface area contributed by atoms with Crippen LogP contribution in [0.25, 0.3) is 0 Å². The highest BCUT2D eigenvalue weighted by atomic mass is 35.5. The summed E-state index contributed by atoms with van der Waals surface area (Å²) in [5.41, 5.74) is 0.996. The minimum atomic E-state index is -2.87. The van der Waals surface area contributed by atoms with Crippen molar-refractivity contribution < 1.29 is 8.42 Å². The fourth-order valence-electron chi connectivity index (χ4n) is 2.21. The van der Waals surface area contributed by atoms with Crippen molar-refractivity contribution in [3.8, 4) is 0 Å². The number of sulfone groups is 1. The number of pyridine rings is 1. The van der Waals surface area contributed by atoms with E-state index in [0.29, 0.717) is 30.6 Å². The van der Waals surface area contributed by atoms with Crippen LogP contribution in [0, 0.1) is 5.92 Å². The molecule has 0 bridgehead atoms. The highest BCUT2D eigenvalue weighted by Gasteiger charge is 2.22. The summed E-state index contributed by atoms with van der Waals surface area (Å²) in [7, 11) is -2.87. The van der Waals surface area contributed by atoms with E-state index in [2.05, 4.69) is 24.1 Å². The Morgan fingerprint density at radius 3 is 2.67 bits per heavy atom. The number of halogens is 1. The second-order valence-corrected chi connectivity index (χ2v) is 8.51. The first kappa shape index (κ1) is 16.5. The molecule has 1 aromatic heterocycles. The van der Waals surface area contributed by atoms with Crippen LogP contribution in [0.1, 0.15) is 19.4 Å². The lowest BCUT2D eigenvalue weighted by Crippen LogP contribution is -2.40. The Morgan fingerprint density at radius 2 is 2.05 bits per heavy atom. The molecule has 0 spiro atoms. The van der Waals surface area contributed by atoms with E-state index in [0.717, 1.165) is 17.9 Å². The number of anilines is 1. The average molecular weight is 332 g/mol. The van der Waals surface area contributed by atoms with E-state index in [1.165, 1.54) is 0 Å². The molecule has 0 saturated carbocycles. The van der Waals surface area contributed by atoms with Gasteiger partial charge in [-0.2, -0.15) is 0 Å². The zero-order valence-electron chi connectivity index (χ0n) is 12.5. The van der Waals surface area contributed by atoms with Gasteiger partial charge in [0, 0.05) is 25.8 Å². The van der Waals surface area contributed by atoms with Crippen molar-refractivity contribution in [2.24, 2.45) is 5.92 Å². The lowest BCUT2D eigenvalue weighted by molar-refractivity contribution is 0.552. The van der Waals surface area contributed by atoms with E-state index >= 15 is 0 Å². The lowest BCUT2D eigenvalue weighted by atomic mass is 10.2. The van der Waals surface area contributed by atoms with E-state index < -0.39 is 9.84 Å². The van der Waals surface area contributed by atoms with Crippen LogP contribution in [0.4, 0.5) is 5.82 Å². The first-order valence-corrected chi connectivity index (χ1v) is 9.38. The first-order chi connectivity index (χ1) is 9.87. The minimum absolute atomic E-state index is 0.193. The second kappa shape index (κ2) is 6.94. The normalized spacial score (nSPS) is 18.2. The SMILES string of the molecule is CC(C)CNCc1cc(N2CCS(=O)(=O)CC2)ncc1Cl. The Hall–Kier alpha value is -0.850. The van der Waals surface area contributed by atoms with Crippen LogP contribution in [0.2, 0.25) is 5.02 Å². The molecule has 0 unspecified atom stereocenters. The predicted molar refractivity (Wildman–Crippen MR) is 86.7 cm³/mol. The molecule has 2 heterocycles. The number of nitrogens with one attached hydrogen (secondary N) is 1. The van der Waals surface area contributed by atoms with E-state index in [4.69, 9.17) is 11.6 Å². The number of nitrogens with zero attached hydrogens (tertiary/aromatic N) is 2. The molecule has 5 nitrogen and oxygen atoms in total. The molecule has 1 aliphatic rings.